The van der Waals surface area contributed by atoms with Crippen LogP contribution in [0.25, 0.3) is 0 Å². The predicted octanol–water partition coefficient (Wildman–Crippen LogP) is 4.72. The lowest BCUT2D eigenvalue weighted by molar-refractivity contribution is 0.102. The first-order valence-corrected chi connectivity index (χ1v) is 10.4. The highest BCUT2D eigenvalue weighted by molar-refractivity contribution is 6.05. The molecule has 0 spiro atoms. The van der Waals surface area contributed by atoms with Crippen LogP contribution in [0.2, 0.25) is 0 Å². The summed E-state index contributed by atoms with van der Waals surface area (Å²) >= 11 is 0. The largest absolute Gasteiger partial charge is 0.372 e. The van der Waals surface area contributed by atoms with Crippen LogP contribution in [0.15, 0.2) is 36.5 Å². The number of hydrogen-bond acceptors (Lipinski definition) is 4. The molecule has 5 heteroatoms. The third kappa shape index (κ3) is 4.64. The van der Waals surface area contributed by atoms with Gasteiger partial charge in [-0.25, -0.2) is 4.98 Å². The molecular weight excluding hydrogens is 348 g/mol. The van der Waals surface area contributed by atoms with Crippen molar-refractivity contribution >= 4 is 23.1 Å². The van der Waals surface area contributed by atoms with E-state index in [0.29, 0.717) is 11.5 Å². The van der Waals surface area contributed by atoms with E-state index in [2.05, 4.69) is 53.0 Å². The van der Waals surface area contributed by atoms with Crippen LogP contribution in [0, 0.1) is 12.8 Å². The van der Waals surface area contributed by atoms with Crippen LogP contribution in [0.5, 0.6) is 0 Å². The molecule has 3 rings (SSSR count). The van der Waals surface area contributed by atoms with Gasteiger partial charge in [0.05, 0.1) is 0 Å². The molecule has 1 atom stereocenters. The van der Waals surface area contributed by atoms with Gasteiger partial charge in [0.1, 0.15) is 5.82 Å². The molecule has 28 heavy (non-hydrogen) atoms. The molecule has 0 bridgehead atoms. The third-order valence-corrected chi connectivity index (χ3v) is 5.58. The molecule has 150 valence electrons. The van der Waals surface area contributed by atoms with Gasteiger partial charge in [0, 0.05) is 49.3 Å². The first-order chi connectivity index (χ1) is 13.5. The van der Waals surface area contributed by atoms with E-state index in [9.17, 15) is 4.79 Å². The second-order valence-electron chi connectivity index (χ2n) is 7.72. The molecule has 2 heterocycles. The summed E-state index contributed by atoms with van der Waals surface area (Å²) in [4.78, 5) is 21.9. The van der Waals surface area contributed by atoms with Gasteiger partial charge in [-0.1, -0.05) is 6.92 Å². The Balaban J connectivity index is 1.73. The molecule has 1 aromatic carbocycles. The lowest BCUT2D eigenvalue weighted by Crippen LogP contribution is -2.34. The number of hydrogen-bond donors (Lipinski definition) is 1. The molecule has 0 radical (unpaired) electrons. The molecule has 5 nitrogen and oxygen atoms in total. The van der Waals surface area contributed by atoms with Crippen molar-refractivity contribution < 1.29 is 4.79 Å². The molecule has 1 amide bonds. The highest BCUT2D eigenvalue weighted by atomic mass is 16.1. The van der Waals surface area contributed by atoms with Crippen LogP contribution in [0.1, 0.15) is 49.5 Å². The minimum Gasteiger partial charge on any atom is -0.372 e. The second-order valence-corrected chi connectivity index (χ2v) is 7.72. The Morgan fingerprint density at radius 2 is 2.04 bits per heavy atom. The van der Waals surface area contributed by atoms with Gasteiger partial charge in [-0.05, 0) is 75.4 Å². The molecule has 1 saturated heterocycles. The fourth-order valence-electron chi connectivity index (χ4n) is 3.90. The first kappa shape index (κ1) is 20.2. The maximum Gasteiger partial charge on any atom is 0.255 e. The number of carbonyl (C=O) groups excluding carboxylic acids is 1. The molecule has 1 unspecified atom stereocenters. The number of benzene rings is 1. The van der Waals surface area contributed by atoms with Crippen LogP contribution in [-0.4, -0.2) is 37.1 Å². The molecule has 1 fully saturated rings. The SMILES string of the molecule is CCN(CC)c1ccc(NC(=O)c2ccnc(N3CCCC(C)C3)c2)c(C)c1. The van der Waals surface area contributed by atoms with Crippen molar-refractivity contribution in [2.45, 2.75) is 40.5 Å². The number of carbonyl (C=O) groups is 1. The zero-order valence-corrected chi connectivity index (χ0v) is 17.5. The van der Waals surface area contributed by atoms with E-state index < -0.39 is 0 Å². The Morgan fingerprint density at radius 3 is 2.71 bits per heavy atom. The number of anilines is 3. The third-order valence-electron chi connectivity index (χ3n) is 5.58. The molecule has 1 aliphatic heterocycles. The Morgan fingerprint density at radius 1 is 1.25 bits per heavy atom. The predicted molar refractivity (Wildman–Crippen MR) is 118 cm³/mol. The van der Waals surface area contributed by atoms with E-state index in [1.807, 2.05) is 19.1 Å². The van der Waals surface area contributed by atoms with Crippen LogP contribution < -0.4 is 15.1 Å². The molecule has 0 aliphatic carbocycles. The topological polar surface area (TPSA) is 48.5 Å². The van der Waals surface area contributed by atoms with Gasteiger partial charge in [-0.3, -0.25) is 4.79 Å². The van der Waals surface area contributed by atoms with Gasteiger partial charge in [-0.2, -0.15) is 0 Å². The van der Waals surface area contributed by atoms with Gasteiger partial charge in [0.2, 0.25) is 0 Å². The highest BCUT2D eigenvalue weighted by Crippen LogP contribution is 2.25. The fraction of sp³-hybridized carbons (Fsp3) is 0.478. The molecule has 1 aromatic heterocycles. The minimum absolute atomic E-state index is 0.0904. The number of nitrogens with one attached hydrogen (secondary N) is 1. The monoisotopic (exact) mass is 380 g/mol. The van der Waals surface area contributed by atoms with E-state index in [-0.39, 0.29) is 5.91 Å². The lowest BCUT2D eigenvalue weighted by atomic mass is 10.0. The van der Waals surface area contributed by atoms with Crippen molar-refractivity contribution in [2.75, 3.05) is 41.3 Å². The van der Waals surface area contributed by atoms with E-state index in [4.69, 9.17) is 0 Å². The van der Waals surface area contributed by atoms with Crippen molar-refractivity contribution in [3.8, 4) is 0 Å². The standard InChI is InChI=1S/C23H32N4O/c1-5-26(6-2)20-9-10-21(18(4)14-20)25-23(28)19-11-12-24-22(15-19)27-13-7-8-17(3)16-27/h9-12,14-15,17H,5-8,13,16H2,1-4H3,(H,25,28). The maximum atomic E-state index is 12.8. The number of nitrogens with zero attached hydrogens (tertiary/aromatic N) is 3. The summed E-state index contributed by atoms with van der Waals surface area (Å²) < 4.78 is 0. The molecule has 0 saturated carbocycles. The van der Waals surface area contributed by atoms with Gasteiger partial charge in [0.15, 0.2) is 0 Å². The average Bonchev–Trinajstić information content (AvgIpc) is 2.71. The second kappa shape index (κ2) is 9.09. The zero-order valence-electron chi connectivity index (χ0n) is 17.5. The molecule has 1 N–H and O–H groups in total. The highest BCUT2D eigenvalue weighted by Gasteiger charge is 2.19. The van der Waals surface area contributed by atoms with Crippen molar-refractivity contribution in [3.05, 3.63) is 47.7 Å². The van der Waals surface area contributed by atoms with Gasteiger partial charge < -0.3 is 15.1 Å². The van der Waals surface area contributed by atoms with Crippen molar-refractivity contribution in [2.24, 2.45) is 5.92 Å². The smallest absolute Gasteiger partial charge is 0.255 e. The summed E-state index contributed by atoms with van der Waals surface area (Å²) in [5.41, 5.74) is 3.75. The van der Waals surface area contributed by atoms with Crippen LogP contribution >= 0.6 is 0 Å². The summed E-state index contributed by atoms with van der Waals surface area (Å²) in [5.74, 6) is 1.47. The number of aromatic nitrogens is 1. The van der Waals surface area contributed by atoms with Crippen LogP contribution in [-0.2, 0) is 0 Å². The van der Waals surface area contributed by atoms with Crippen LogP contribution in [0.4, 0.5) is 17.2 Å². The van der Waals surface area contributed by atoms with Crippen molar-refractivity contribution in [1.29, 1.82) is 0 Å². The van der Waals surface area contributed by atoms with Crippen LogP contribution in [0.3, 0.4) is 0 Å². The zero-order chi connectivity index (χ0) is 20.1. The van der Waals surface area contributed by atoms with E-state index in [0.717, 1.165) is 43.2 Å². The lowest BCUT2D eigenvalue weighted by Gasteiger charge is -2.32. The summed E-state index contributed by atoms with van der Waals surface area (Å²) in [7, 11) is 0. The molecular formula is C23H32N4O. The van der Waals surface area contributed by atoms with Gasteiger partial charge in [-0.15, -0.1) is 0 Å². The number of aryl methyl sites for hydroxylation is 1. The maximum absolute atomic E-state index is 12.8. The summed E-state index contributed by atoms with van der Waals surface area (Å²) in [5, 5.41) is 3.06. The van der Waals surface area contributed by atoms with E-state index >= 15 is 0 Å². The number of rotatable bonds is 6. The fourth-order valence-corrected chi connectivity index (χ4v) is 3.90. The number of pyridine rings is 1. The quantitative estimate of drug-likeness (QED) is 0.787. The Hall–Kier alpha value is -2.56. The Bertz CT molecular complexity index is 816. The van der Waals surface area contributed by atoms with Crippen molar-refractivity contribution in [1.82, 2.24) is 4.98 Å². The van der Waals surface area contributed by atoms with Gasteiger partial charge in [0.25, 0.3) is 5.91 Å². The normalized spacial score (nSPS) is 16.7. The minimum atomic E-state index is -0.0904. The summed E-state index contributed by atoms with van der Waals surface area (Å²) in [6.07, 6.45) is 4.18. The van der Waals surface area contributed by atoms with E-state index in [1.165, 1.54) is 18.5 Å². The summed E-state index contributed by atoms with van der Waals surface area (Å²) in [6, 6.07) is 9.90. The number of piperidine rings is 1. The summed E-state index contributed by atoms with van der Waals surface area (Å²) in [6.45, 7) is 12.6. The molecule has 1 aliphatic rings. The Labute approximate surface area is 168 Å². The average molecular weight is 381 g/mol. The first-order valence-electron chi connectivity index (χ1n) is 10.4. The van der Waals surface area contributed by atoms with E-state index in [1.54, 1.807) is 12.3 Å². The molecule has 2 aromatic rings. The van der Waals surface area contributed by atoms with Crippen molar-refractivity contribution in [3.63, 3.8) is 0 Å². The Kier molecular flexibility index (Phi) is 6.55. The van der Waals surface area contributed by atoms with Gasteiger partial charge >= 0.3 is 0 Å². The number of amides is 1.